The molecule has 0 bridgehead atoms. The van der Waals surface area contributed by atoms with Crippen LogP contribution in [0.15, 0.2) is 53.1 Å². The molecule has 4 rings (SSSR count). The number of sulfonamides is 1. The third-order valence-corrected chi connectivity index (χ3v) is 6.63. The van der Waals surface area contributed by atoms with Gasteiger partial charge in [-0.2, -0.15) is 4.31 Å². The normalized spacial score (nSPS) is 16.0. The van der Waals surface area contributed by atoms with Gasteiger partial charge in [0.15, 0.2) is 5.58 Å². The quantitative estimate of drug-likeness (QED) is 0.670. The fourth-order valence-electron chi connectivity index (χ4n) is 3.32. The van der Waals surface area contributed by atoms with E-state index in [1.807, 2.05) is 42.5 Å². The second-order valence-corrected chi connectivity index (χ2v) is 8.43. The fraction of sp³-hybridized carbons (Fsp3) is 0.316. The number of benzene rings is 2. The van der Waals surface area contributed by atoms with Crippen LogP contribution >= 0.6 is 0 Å². The monoisotopic (exact) mass is 387 g/mol. The van der Waals surface area contributed by atoms with E-state index >= 15 is 0 Å². The maximum absolute atomic E-state index is 12.8. The molecule has 2 aromatic carbocycles. The zero-order chi connectivity index (χ0) is 18.9. The Kier molecular flexibility index (Phi) is 4.75. The molecule has 3 aromatic rings. The first-order chi connectivity index (χ1) is 13.1. The second kappa shape index (κ2) is 7.21. The second-order valence-electron chi connectivity index (χ2n) is 6.47. The van der Waals surface area contributed by atoms with E-state index in [1.54, 1.807) is 13.2 Å². The average Bonchev–Trinajstić information content (AvgIpc) is 3.10. The van der Waals surface area contributed by atoms with E-state index in [-0.39, 0.29) is 5.75 Å². The highest BCUT2D eigenvalue weighted by molar-refractivity contribution is 7.88. The molecular formula is C19H21N3O4S. The third kappa shape index (κ3) is 3.63. The van der Waals surface area contributed by atoms with Crippen molar-refractivity contribution < 1.29 is 17.7 Å². The summed E-state index contributed by atoms with van der Waals surface area (Å²) in [6.45, 7) is 2.19. The molecule has 2 heterocycles. The van der Waals surface area contributed by atoms with Crippen molar-refractivity contribution in [2.24, 2.45) is 0 Å². The molecule has 0 atom stereocenters. The maximum Gasteiger partial charge on any atom is 0.220 e. The Morgan fingerprint density at radius 1 is 1.04 bits per heavy atom. The summed E-state index contributed by atoms with van der Waals surface area (Å²) in [5.41, 5.74) is 2.13. The smallest absolute Gasteiger partial charge is 0.220 e. The number of anilines is 1. The summed E-state index contributed by atoms with van der Waals surface area (Å²) in [7, 11) is -1.81. The molecule has 1 saturated heterocycles. The van der Waals surface area contributed by atoms with Crippen LogP contribution in [0.4, 0.5) is 5.69 Å². The number of hydrogen-bond acceptors (Lipinski definition) is 6. The van der Waals surface area contributed by atoms with Gasteiger partial charge in [0.1, 0.15) is 17.2 Å². The lowest BCUT2D eigenvalue weighted by Crippen LogP contribution is -2.49. The van der Waals surface area contributed by atoms with Crippen LogP contribution in [0.2, 0.25) is 0 Å². The van der Waals surface area contributed by atoms with Crippen LogP contribution in [0.1, 0.15) is 5.69 Å². The minimum absolute atomic E-state index is 0.146. The van der Waals surface area contributed by atoms with Crippen molar-refractivity contribution in [3.63, 3.8) is 0 Å². The Morgan fingerprint density at radius 2 is 1.74 bits per heavy atom. The van der Waals surface area contributed by atoms with Crippen molar-refractivity contribution in [2.45, 2.75) is 5.75 Å². The Bertz CT molecular complexity index is 1020. The molecule has 1 fully saturated rings. The van der Waals surface area contributed by atoms with E-state index in [2.05, 4.69) is 10.1 Å². The van der Waals surface area contributed by atoms with Gasteiger partial charge in [-0.05, 0) is 36.4 Å². The molecule has 7 nitrogen and oxygen atoms in total. The van der Waals surface area contributed by atoms with Crippen molar-refractivity contribution in [1.82, 2.24) is 9.46 Å². The molecule has 0 amide bonds. The molecule has 0 saturated carbocycles. The van der Waals surface area contributed by atoms with Crippen LogP contribution < -0.4 is 9.64 Å². The molecule has 1 aromatic heterocycles. The fourth-order valence-corrected chi connectivity index (χ4v) is 4.78. The molecule has 142 valence electrons. The number of aromatic nitrogens is 1. The van der Waals surface area contributed by atoms with Gasteiger partial charge in [0.05, 0.1) is 7.11 Å². The van der Waals surface area contributed by atoms with Crippen LogP contribution in [0, 0.1) is 0 Å². The zero-order valence-corrected chi connectivity index (χ0v) is 15.9. The van der Waals surface area contributed by atoms with Crippen LogP contribution in [0.5, 0.6) is 5.75 Å². The summed E-state index contributed by atoms with van der Waals surface area (Å²) >= 11 is 0. The largest absolute Gasteiger partial charge is 0.497 e. The summed E-state index contributed by atoms with van der Waals surface area (Å²) in [6, 6.07) is 15.1. The zero-order valence-electron chi connectivity index (χ0n) is 15.0. The van der Waals surface area contributed by atoms with Crippen molar-refractivity contribution in [3.05, 3.63) is 54.2 Å². The lowest BCUT2D eigenvalue weighted by Gasteiger charge is -2.35. The summed E-state index contributed by atoms with van der Waals surface area (Å²) < 4.78 is 37.6. The first-order valence-electron chi connectivity index (χ1n) is 8.77. The summed E-state index contributed by atoms with van der Waals surface area (Å²) in [6.07, 6.45) is 0. The number of methoxy groups -OCH3 is 1. The molecule has 1 aliphatic heterocycles. The molecule has 27 heavy (non-hydrogen) atoms. The minimum Gasteiger partial charge on any atom is -0.497 e. The van der Waals surface area contributed by atoms with Gasteiger partial charge >= 0.3 is 0 Å². The number of piperazine rings is 1. The van der Waals surface area contributed by atoms with E-state index in [0.29, 0.717) is 37.5 Å². The van der Waals surface area contributed by atoms with E-state index in [9.17, 15) is 8.42 Å². The van der Waals surface area contributed by atoms with Crippen LogP contribution in [0.25, 0.3) is 11.0 Å². The van der Waals surface area contributed by atoms with Gasteiger partial charge in [-0.25, -0.2) is 8.42 Å². The Labute approximate surface area is 158 Å². The Balaban J connectivity index is 1.43. The third-order valence-electron chi connectivity index (χ3n) is 4.84. The maximum atomic E-state index is 12.8. The predicted octanol–water partition coefficient (Wildman–Crippen LogP) is 2.49. The van der Waals surface area contributed by atoms with Gasteiger partial charge in [-0.3, -0.25) is 0 Å². The van der Waals surface area contributed by atoms with Gasteiger partial charge in [0.25, 0.3) is 0 Å². The Hall–Kier alpha value is -2.58. The number of para-hydroxylation sites is 1. The highest BCUT2D eigenvalue weighted by Crippen LogP contribution is 2.24. The number of ether oxygens (including phenoxy) is 1. The first kappa shape index (κ1) is 17.8. The minimum atomic E-state index is -3.45. The van der Waals surface area contributed by atoms with E-state index < -0.39 is 10.0 Å². The number of rotatable bonds is 5. The predicted molar refractivity (Wildman–Crippen MR) is 103 cm³/mol. The van der Waals surface area contributed by atoms with E-state index in [0.717, 1.165) is 16.8 Å². The summed E-state index contributed by atoms with van der Waals surface area (Å²) in [5.74, 6) is 0.659. The topological polar surface area (TPSA) is 75.9 Å². The van der Waals surface area contributed by atoms with Gasteiger partial charge in [-0.1, -0.05) is 17.3 Å². The summed E-state index contributed by atoms with van der Waals surface area (Å²) in [4.78, 5) is 2.18. The molecule has 0 aliphatic carbocycles. The Morgan fingerprint density at radius 3 is 2.44 bits per heavy atom. The van der Waals surface area contributed by atoms with Gasteiger partial charge in [-0.15, -0.1) is 0 Å². The number of fused-ring (bicyclic) bond motifs is 1. The van der Waals surface area contributed by atoms with Gasteiger partial charge in [0, 0.05) is 37.3 Å². The summed E-state index contributed by atoms with van der Waals surface area (Å²) in [5, 5.41) is 4.70. The highest BCUT2D eigenvalue weighted by Gasteiger charge is 2.29. The van der Waals surface area contributed by atoms with Gasteiger partial charge in [0.2, 0.25) is 10.0 Å². The van der Waals surface area contributed by atoms with E-state index in [1.165, 1.54) is 4.31 Å². The number of nitrogens with zero attached hydrogens (tertiary/aromatic N) is 3. The van der Waals surface area contributed by atoms with Crippen LogP contribution in [-0.4, -0.2) is 51.2 Å². The van der Waals surface area contributed by atoms with Crippen molar-refractivity contribution in [2.75, 3.05) is 38.2 Å². The molecule has 1 aliphatic rings. The van der Waals surface area contributed by atoms with Crippen LogP contribution in [-0.2, 0) is 15.8 Å². The van der Waals surface area contributed by atoms with Crippen molar-refractivity contribution >= 4 is 26.7 Å². The lowest BCUT2D eigenvalue weighted by atomic mass is 10.2. The van der Waals surface area contributed by atoms with Crippen molar-refractivity contribution in [1.29, 1.82) is 0 Å². The average molecular weight is 387 g/mol. The highest BCUT2D eigenvalue weighted by atomic mass is 32.2. The molecule has 0 radical (unpaired) electrons. The SMILES string of the molecule is COc1ccc(N2CCN(S(=O)(=O)Cc3noc4ccccc34)CC2)cc1. The van der Waals surface area contributed by atoms with Crippen molar-refractivity contribution in [3.8, 4) is 5.75 Å². The van der Waals surface area contributed by atoms with Crippen LogP contribution in [0.3, 0.4) is 0 Å². The first-order valence-corrected chi connectivity index (χ1v) is 10.4. The van der Waals surface area contributed by atoms with E-state index in [4.69, 9.17) is 9.26 Å². The van der Waals surface area contributed by atoms with Gasteiger partial charge < -0.3 is 14.2 Å². The molecule has 0 unspecified atom stereocenters. The molecular weight excluding hydrogens is 366 g/mol. The number of hydrogen-bond donors (Lipinski definition) is 0. The lowest BCUT2D eigenvalue weighted by molar-refractivity contribution is 0.382. The molecule has 0 N–H and O–H groups in total. The standard InChI is InChI=1S/C19H21N3O4S/c1-25-16-8-6-15(7-9-16)21-10-12-22(13-11-21)27(23,24)14-18-17-4-2-3-5-19(17)26-20-18/h2-9H,10-14H2,1H3. The molecule has 0 spiro atoms. The molecule has 8 heteroatoms.